The third-order valence-corrected chi connectivity index (χ3v) is 7.06. The minimum atomic E-state index is -4.09. The molecule has 0 saturated carbocycles. The van der Waals surface area contributed by atoms with Crippen molar-refractivity contribution >= 4 is 38.1 Å². The normalized spacial score (nSPS) is 11.2. The molecule has 0 aliphatic heterocycles. The van der Waals surface area contributed by atoms with Crippen molar-refractivity contribution in [2.24, 2.45) is 0 Å². The first kappa shape index (κ1) is 22.9. The Labute approximate surface area is 196 Å². The summed E-state index contributed by atoms with van der Waals surface area (Å²) in [6.07, 6.45) is 0. The summed E-state index contributed by atoms with van der Waals surface area (Å²) in [5.41, 5.74) is 0.844. The fourth-order valence-corrected chi connectivity index (χ4v) is 4.95. The van der Waals surface area contributed by atoms with E-state index in [0.29, 0.717) is 0 Å². The smallest absolute Gasteiger partial charge is 0.269 e. The van der Waals surface area contributed by atoms with E-state index >= 15 is 0 Å². The Bertz CT molecular complexity index is 1440. The molecule has 0 unspecified atom stereocenters. The second-order valence-corrected chi connectivity index (χ2v) is 9.42. The molecule has 0 aliphatic rings. The molecule has 1 amide bonds. The summed E-state index contributed by atoms with van der Waals surface area (Å²) < 4.78 is 27.6. The zero-order chi connectivity index (χ0) is 24.1. The van der Waals surface area contributed by atoms with Crippen molar-refractivity contribution in [1.82, 2.24) is 5.32 Å². The molecule has 0 atom stereocenters. The van der Waals surface area contributed by atoms with E-state index in [4.69, 9.17) is 0 Å². The molecule has 0 saturated heterocycles. The average Bonchev–Trinajstić information content (AvgIpc) is 2.86. The van der Waals surface area contributed by atoms with Gasteiger partial charge in [-0.25, -0.2) is 8.42 Å². The zero-order valence-corrected chi connectivity index (χ0v) is 18.8. The molecule has 0 spiro atoms. The molecule has 0 aromatic heterocycles. The zero-order valence-electron chi connectivity index (χ0n) is 18.0. The van der Waals surface area contributed by atoms with Crippen molar-refractivity contribution < 1.29 is 18.1 Å². The molecule has 172 valence electrons. The highest BCUT2D eigenvalue weighted by molar-refractivity contribution is 7.92. The first-order valence-corrected chi connectivity index (χ1v) is 11.9. The number of nitrogens with zero attached hydrogens (tertiary/aromatic N) is 2. The van der Waals surface area contributed by atoms with Crippen LogP contribution < -0.4 is 9.62 Å². The SMILES string of the molecule is O=C(CN(c1ccc([N+](=O)[O-])cc1)S(=O)(=O)c1ccccc1)NCc1ccc2ccccc2c1. The van der Waals surface area contributed by atoms with Gasteiger partial charge in [-0.1, -0.05) is 54.6 Å². The third kappa shape index (κ3) is 5.05. The largest absolute Gasteiger partial charge is 0.350 e. The number of fused-ring (bicyclic) bond motifs is 1. The van der Waals surface area contributed by atoms with E-state index in [1.807, 2.05) is 42.5 Å². The van der Waals surface area contributed by atoms with Gasteiger partial charge in [-0.3, -0.25) is 19.2 Å². The van der Waals surface area contributed by atoms with Crippen LogP contribution in [0.15, 0.2) is 102 Å². The molecule has 4 aromatic rings. The summed E-state index contributed by atoms with van der Waals surface area (Å²) in [5, 5.41) is 15.9. The van der Waals surface area contributed by atoms with Crippen LogP contribution in [-0.4, -0.2) is 25.8 Å². The Morgan fingerprint density at radius 3 is 2.18 bits per heavy atom. The molecule has 0 radical (unpaired) electrons. The molecule has 8 nitrogen and oxygen atoms in total. The summed E-state index contributed by atoms with van der Waals surface area (Å²) >= 11 is 0. The number of hydrogen-bond acceptors (Lipinski definition) is 5. The van der Waals surface area contributed by atoms with Gasteiger partial charge >= 0.3 is 0 Å². The van der Waals surface area contributed by atoms with Gasteiger partial charge in [0.1, 0.15) is 6.54 Å². The second kappa shape index (κ2) is 9.72. The lowest BCUT2D eigenvalue weighted by Crippen LogP contribution is -2.40. The van der Waals surface area contributed by atoms with Gasteiger partial charge in [-0.2, -0.15) is 0 Å². The van der Waals surface area contributed by atoms with Crippen molar-refractivity contribution in [2.75, 3.05) is 10.8 Å². The van der Waals surface area contributed by atoms with Gasteiger partial charge in [0.15, 0.2) is 0 Å². The van der Waals surface area contributed by atoms with Gasteiger partial charge in [0, 0.05) is 18.7 Å². The number of nitro benzene ring substituents is 1. The molecule has 0 bridgehead atoms. The van der Waals surface area contributed by atoms with Crippen molar-refractivity contribution in [2.45, 2.75) is 11.4 Å². The number of sulfonamides is 1. The summed E-state index contributed by atoms with van der Waals surface area (Å²) in [5.74, 6) is -0.508. The highest BCUT2D eigenvalue weighted by atomic mass is 32.2. The third-order valence-electron chi connectivity index (χ3n) is 5.27. The maximum absolute atomic E-state index is 13.3. The highest BCUT2D eigenvalue weighted by Gasteiger charge is 2.27. The van der Waals surface area contributed by atoms with Gasteiger partial charge in [0.25, 0.3) is 15.7 Å². The van der Waals surface area contributed by atoms with Crippen molar-refractivity contribution in [3.63, 3.8) is 0 Å². The fourth-order valence-electron chi connectivity index (χ4n) is 3.51. The topological polar surface area (TPSA) is 110 Å². The molecular formula is C25H21N3O5S. The van der Waals surface area contributed by atoms with Crippen LogP contribution in [-0.2, 0) is 21.4 Å². The van der Waals surface area contributed by atoms with Gasteiger partial charge < -0.3 is 5.32 Å². The molecular weight excluding hydrogens is 454 g/mol. The maximum atomic E-state index is 13.3. The number of non-ortho nitro benzene ring substituents is 1. The van der Waals surface area contributed by atoms with Gasteiger partial charge in [-0.15, -0.1) is 0 Å². The fraction of sp³-hybridized carbons (Fsp3) is 0.0800. The predicted octanol–water partition coefficient (Wildman–Crippen LogP) is 4.26. The molecule has 0 fully saturated rings. The van der Waals surface area contributed by atoms with E-state index < -0.39 is 27.4 Å². The second-order valence-electron chi connectivity index (χ2n) is 7.56. The molecule has 0 heterocycles. The number of hydrogen-bond donors (Lipinski definition) is 1. The number of rotatable bonds is 8. The number of benzene rings is 4. The summed E-state index contributed by atoms with van der Waals surface area (Å²) in [7, 11) is -4.09. The van der Waals surface area contributed by atoms with Crippen LogP contribution in [0.25, 0.3) is 10.8 Å². The van der Waals surface area contributed by atoms with Crippen LogP contribution in [0.5, 0.6) is 0 Å². The first-order valence-electron chi connectivity index (χ1n) is 10.4. The van der Waals surface area contributed by atoms with E-state index in [1.54, 1.807) is 18.2 Å². The molecule has 1 N–H and O–H groups in total. The number of nitro groups is 1. The van der Waals surface area contributed by atoms with Crippen molar-refractivity contribution in [1.29, 1.82) is 0 Å². The molecule has 34 heavy (non-hydrogen) atoms. The monoisotopic (exact) mass is 475 g/mol. The van der Waals surface area contributed by atoms with Crippen LogP contribution in [0.4, 0.5) is 11.4 Å². The van der Waals surface area contributed by atoms with Crippen LogP contribution in [0.3, 0.4) is 0 Å². The number of nitrogens with one attached hydrogen (secondary N) is 1. The van der Waals surface area contributed by atoms with E-state index in [9.17, 15) is 23.3 Å². The van der Waals surface area contributed by atoms with Gasteiger partial charge in [0.2, 0.25) is 5.91 Å². The summed E-state index contributed by atoms with van der Waals surface area (Å²) in [4.78, 5) is 23.2. The molecule has 4 rings (SSSR count). The number of anilines is 1. The van der Waals surface area contributed by atoms with Gasteiger partial charge in [-0.05, 0) is 46.7 Å². The number of carbonyl (C=O) groups excluding carboxylic acids is 1. The Hall–Kier alpha value is -4.24. The summed E-state index contributed by atoms with van der Waals surface area (Å²) in [6, 6.07) is 26.4. The molecule has 9 heteroatoms. The van der Waals surface area contributed by atoms with Crippen LogP contribution >= 0.6 is 0 Å². The van der Waals surface area contributed by atoms with Gasteiger partial charge in [0.05, 0.1) is 15.5 Å². The lowest BCUT2D eigenvalue weighted by Gasteiger charge is -2.24. The number of amides is 1. The number of carbonyl (C=O) groups is 1. The van der Waals surface area contributed by atoms with E-state index in [2.05, 4.69) is 5.32 Å². The van der Waals surface area contributed by atoms with Crippen molar-refractivity contribution in [3.8, 4) is 0 Å². The van der Waals surface area contributed by atoms with Crippen LogP contribution in [0.2, 0.25) is 0 Å². The highest BCUT2D eigenvalue weighted by Crippen LogP contribution is 2.25. The maximum Gasteiger partial charge on any atom is 0.269 e. The Morgan fingerprint density at radius 2 is 1.50 bits per heavy atom. The minimum absolute atomic E-state index is 0.00989. The Kier molecular flexibility index (Phi) is 6.55. The quantitative estimate of drug-likeness (QED) is 0.302. The van der Waals surface area contributed by atoms with Crippen LogP contribution in [0, 0.1) is 10.1 Å². The van der Waals surface area contributed by atoms with E-state index in [-0.39, 0.29) is 22.8 Å². The lowest BCUT2D eigenvalue weighted by atomic mass is 10.1. The average molecular weight is 476 g/mol. The Morgan fingerprint density at radius 1 is 0.853 bits per heavy atom. The lowest BCUT2D eigenvalue weighted by molar-refractivity contribution is -0.384. The molecule has 0 aliphatic carbocycles. The molecule has 4 aromatic carbocycles. The Balaban J connectivity index is 1.56. The predicted molar refractivity (Wildman–Crippen MR) is 130 cm³/mol. The minimum Gasteiger partial charge on any atom is -0.350 e. The first-order chi connectivity index (χ1) is 16.3. The van der Waals surface area contributed by atoms with E-state index in [0.717, 1.165) is 20.6 Å². The van der Waals surface area contributed by atoms with Crippen molar-refractivity contribution in [3.05, 3.63) is 113 Å². The van der Waals surface area contributed by atoms with E-state index in [1.165, 1.54) is 36.4 Å². The summed E-state index contributed by atoms with van der Waals surface area (Å²) in [6.45, 7) is -0.258. The standard InChI is InChI=1S/C25H21N3O5S/c29-25(26-17-19-10-11-20-6-4-5-7-21(20)16-19)18-27(22-12-14-23(15-13-22)28(30)31)34(32,33)24-8-2-1-3-9-24/h1-16H,17-18H2,(H,26,29). The van der Waals surface area contributed by atoms with Crippen LogP contribution in [0.1, 0.15) is 5.56 Å².